The minimum absolute atomic E-state index is 0.134. The molecule has 1 aromatic carbocycles. The minimum Gasteiger partial charge on any atom is -0.493 e. The van der Waals surface area contributed by atoms with Crippen LogP contribution < -0.4 is 10.1 Å². The Morgan fingerprint density at radius 2 is 2.10 bits per heavy atom. The molecule has 110 valence electrons. The van der Waals surface area contributed by atoms with Gasteiger partial charge in [-0.05, 0) is 31.4 Å². The Morgan fingerprint density at radius 1 is 1.35 bits per heavy atom. The molecule has 0 saturated heterocycles. The first-order valence-corrected chi connectivity index (χ1v) is 7.31. The van der Waals surface area contributed by atoms with E-state index in [2.05, 4.69) is 5.32 Å². The molecule has 1 amide bonds. The monoisotopic (exact) mass is 317 g/mol. The highest BCUT2D eigenvalue weighted by Gasteiger charge is 2.34. The summed E-state index contributed by atoms with van der Waals surface area (Å²) in [4.78, 5) is 11.6. The highest BCUT2D eigenvalue weighted by atomic mass is 35.5. The quantitative estimate of drug-likeness (QED) is 0.848. The van der Waals surface area contributed by atoms with Crippen LogP contribution in [0.25, 0.3) is 0 Å². The summed E-state index contributed by atoms with van der Waals surface area (Å²) in [5.74, 6) is 0.440. The molecule has 0 unspecified atom stereocenters. The summed E-state index contributed by atoms with van der Waals surface area (Å²) >= 11 is 11.7. The molecule has 2 rings (SSSR count). The average molecular weight is 318 g/mol. The van der Waals surface area contributed by atoms with Gasteiger partial charge >= 0.3 is 0 Å². The van der Waals surface area contributed by atoms with Crippen molar-refractivity contribution in [2.24, 2.45) is 0 Å². The molecule has 4 nitrogen and oxygen atoms in total. The number of nitrogens with one attached hydrogen (secondary N) is 1. The molecule has 0 aromatic heterocycles. The highest BCUT2D eigenvalue weighted by Crippen LogP contribution is 2.30. The van der Waals surface area contributed by atoms with E-state index in [0.717, 1.165) is 19.3 Å². The summed E-state index contributed by atoms with van der Waals surface area (Å²) in [5.41, 5.74) is -0.694. The van der Waals surface area contributed by atoms with Crippen molar-refractivity contribution < 1.29 is 14.6 Å². The van der Waals surface area contributed by atoms with E-state index in [9.17, 15) is 9.90 Å². The van der Waals surface area contributed by atoms with Crippen molar-refractivity contribution in [3.63, 3.8) is 0 Å². The largest absolute Gasteiger partial charge is 0.493 e. The van der Waals surface area contributed by atoms with Crippen LogP contribution >= 0.6 is 23.2 Å². The van der Waals surface area contributed by atoms with Gasteiger partial charge in [0, 0.05) is 12.6 Å². The van der Waals surface area contributed by atoms with Gasteiger partial charge in [-0.1, -0.05) is 23.2 Å². The van der Waals surface area contributed by atoms with Crippen molar-refractivity contribution in [3.05, 3.63) is 28.2 Å². The molecule has 0 aliphatic heterocycles. The Bertz CT molecular complexity index is 489. The number of rotatable bonds is 6. The van der Waals surface area contributed by atoms with Gasteiger partial charge in [-0.3, -0.25) is 4.79 Å². The molecule has 6 heteroatoms. The second-order valence-electron chi connectivity index (χ2n) is 5.03. The SMILES string of the molecule is O=C(CCOc1ccc(Cl)c(Cl)c1)NCC1(O)CCC1. The van der Waals surface area contributed by atoms with Crippen molar-refractivity contribution in [3.8, 4) is 5.75 Å². The topological polar surface area (TPSA) is 58.6 Å². The fourth-order valence-electron chi connectivity index (χ4n) is 1.94. The van der Waals surface area contributed by atoms with Crippen molar-refractivity contribution in [2.45, 2.75) is 31.3 Å². The van der Waals surface area contributed by atoms with Gasteiger partial charge in [0.2, 0.25) is 5.91 Å². The predicted octanol–water partition coefficient (Wildman–Crippen LogP) is 2.79. The van der Waals surface area contributed by atoms with Gasteiger partial charge in [-0.15, -0.1) is 0 Å². The molecule has 20 heavy (non-hydrogen) atoms. The zero-order valence-electron chi connectivity index (χ0n) is 11.0. The van der Waals surface area contributed by atoms with E-state index in [1.54, 1.807) is 18.2 Å². The molecule has 0 atom stereocenters. The third-order valence-corrected chi connectivity index (χ3v) is 4.13. The van der Waals surface area contributed by atoms with Crippen molar-refractivity contribution in [1.82, 2.24) is 5.32 Å². The Labute approximate surface area is 128 Å². The van der Waals surface area contributed by atoms with E-state index in [1.165, 1.54) is 0 Å². The molecule has 0 heterocycles. The maximum atomic E-state index is 11.6. The van der Waals surface area contributed by atoms with Gasteiger partial charge in [0.05, 0.1) is 28.7 Å². The number of halogens is 2. The van der Waals surface area contributed by atoms with E-state index in [1.807, 2.05) is 0 Å². The zero-order valence-corrected chi connectivity index (χ0v) is 12.5. The van der Waals surface area contributed by atoms with Crippen LogP contribution in [0.2, 0.25) is 10.0 Å². The third-order valence-electron chi connectivity index (χ3n) is 3.39. The van der Waals surface area contributed by atoms with Crippen LogP contribution in [0.15, 0.2) is 18.2 Å². The van der Waals surface area contributed by atoms with E-state index >= 15 is 0 Å². The average Bonchev–Trinajstić information content (AvgIpc) is 2.38. The normalized spacial score (nSPS) is 16.4. The van der Waals surface area contributed by atoms with Crippen molar-refractivity contribution >= 4 is 29.1 Å². The standard InChI is InChI=1S/C14H17Cl2NO3/c15-11-3-2-10(8-12(11)16)20-7-4-13(18)17-9-14(19)5-1-6-14/h2-3,8,19H,1,4-7,9H2,(H,17,18). The summed E-state index contributed by atoms with van der Waals surface area (Å²) < 4.78 is 5.42. The molecular weight excluding hydrogens is 301 g/mol. The highest BCUT2D eigenvalue weighted by molar-refractivity contribution is 6.42. The Morgan fingerprint density at radius 3 is 2.70 bits per heavy atom. The molecule has 1 fully saturated rings. The van der Waals surface area contributed by atoms with Gasteiger partial charge in [0.25, 0.3) is 0 Å². The first-order chi connectivity index (χ1) is 9.48. The summed E-state index contributed by atoms with van der Waals surface area (Å²) in [5, 5.41) is 13.4. The number of amides is 1. The minimum atomic E-state index is -0.694. The van der Waals surface area contributed by atoms with Gasteiger partial charge in [-0.25, -0.2) is 0 Å². The fraction of sp³-hybridized carbons (Fsp3) is 0.500. The smallest absolute Gasteiger partial charge is 0.223 e. The number of aliphatic hydroxyl groups is 1. The fourth-order valence-corrected chi connectivity index (χ4v) is 2.23. The number of ether oxygens (including phenoxy) is 1. The number of carbonyl (C=O) groups excluding carboxylic acids is 1. The van der Waals surface area contributed by atoms with E-state index in [0.29, 0.717) is 22.3 Å². The molecule has 1 aromatic rings. The van der Waals surface area contributed by atoms with Crippen LogP contribution in [0.4, 0.5) is 0 Å². The molecule has 0 spiro atoms. The predicted molar refractivity (Wildman–Crippen MR) is 78.4 cm³/mol. The lowest BCUT2D eigenvalue weighted by Crippen LogP contribution is -2.47. The van der Waals surface area contributed by atoms with Gasteiger partial charge < -0.3 is 15.2 Å². The molecular formula is C14H17Cl2NO3. The molecule has 1 saturated carbocycles. The van der Waals surface area contributed by atoms with Crippen LogP contribution in [-0.2, 0) is 4.79 Å². The second-order valence-corrected chi connectivity index (χ2v) is 5.84. The van der Waals surface area contributed by atoms with Gasteiger partial charge in [-0.2, -0.15) is 0 Å². The second kappa shape index (κ2) is 6.66. The van der Waals surface area contributed by atoms with Crippen molar-refractivity contribution in [2.75, 3.05) is 13.2 Å². The number of benzene rings is 1. The van der Waals surface area contributed by atoms with E-state index in [-0.39, 0.29) is 18.9 Å². The van der Waals surface area contributed by atoms with Crippen molar-refractivity contribution in [1.29, 1.82) is 0 Å². The maximum Gasteiger partial charge on any atom is 0.223 e. The number of hydrogen-bond acceptors (Lipinski definition) is 3. The molecule has 1 aliphatic carbocycles. The lowest BCUT2D eigenvalue weighted by Gasteiger charge is -2.36. The van der Waals surface area contributed by atoms with Crippen LogP contribution in [0, 0.1) is 0 Å². The molecule has 0 bridgehead atoms. The number of hydrogen-bond donors (Lipinski definition) is 2. The van der Waals surface area contributed by atoms with E-state index in [4.69, 9.17) is 27.9 Å². The number of carbonyl (C=O) groups is 1. The Hall–Kier alpha value is -0.970. The lowest BCUT2D eigenvalue weighted by molar-refractivity contribution is -0.124. The molecule has 1 aliphatic rings. The summed E-state index contributed by atoms with van der Waals surface area (Å²) in [6.07, 6.45) is 2.77. The summed E-state index contributed by atoms with van der Waals surface area (Å²) in [6.45, 7) is 0.570. The van der Waals surface area contributed by atoms with E-state index < -0.39 is 5.60 Å². The van der Waals surface area contributed by atoms with Gasteiger partial charge in [0.15, 0.2) is 0 Å². The van der Waals surface area contributed by atoms with Crippen LogP contribution in [-0.4, -0.2) is 29.8 Å². The van der Waals surface area contributed by atoms with Gasteiger partial charge in [0.1, 0.15) is 5.75 Å². The zero-order chi connectivity index (χ0) is 14.6. The van der Waals surface area contributed by atoms with Crippen LogP contribution in [0.3, 0.4) is 0 Å². The maximum absolute atomic E-state index is 11.6. The Kier molecular flexibility index (Phi) is 5.13. The molecule has 2 N–H and O–H groups in total. The van der Waals surface area contributed by atoms with Crippen LogP contribution in [0.1, 0.15) is 25.7 Å². The van der Waals surface area contributed by atoms with Crippen LogP contribution in [0.5, 0.6) is 5.75 Å². The first kappa shape index (κ1) is 15.4. The summed E-state index contributed by atoms with van der Waals surface area (Å²) in [6, 6.07) is 4.95. The third kappa shape index (κ3) is 4.27. The lowest BCUT2D eigenvalue weighted by atomic mass is 9.80. The first-order valence-electron chi connectivity index (χ1n) is 6.55. The summed E-state index contributed by atoms with van der Waals surface area (Å²) in [7, 11) is 0. The molecule has 0 radical (unpaired) electrons. The Balaban J connectivity index is 1.67.